The molecule has 0 aromatic rings. The maximum atomic E-state index is 12.7. The zero-order valence-corrected chi connectivity index (χ0v) is 13.7. The van der Waals surface area contributed by atoms with E-state index in [1.807, 2.05) is 6.92 Å². The van der Waals surface area contributed by atoms with Crippen LogP contribution in [0.4, 0.5) is 0 Å². The Morgan fingerprint density at radius 2 is 1.85 bits per heavy atom. The highest BCUT2D eigenvalue weighted by molar-refractivity contribution is 7.86. The molecule has 1 saturated carbocycles. The van der Waals surface area contributed by atoms with Crippen molar-refractivity contribution in [3.63, 3.8) is 0 Å². The van der Waals surface area contributed by atoms with Crippen molar-refractivity contribution in [2.45, 2.75) is 51.1 Å². The minimum Gasteiger partial charge on any atom is -0.327 e. The molecule has 20 heavy (non-hydrogen) atoms. The van der Waals surface area contributed by atoms with E-state index in [-0.39, 0.29) is 24.5 Å². The highest BCUT2D eigenvalue weighted by Crippen LogP contribution is 2.39. The van der Waals surface area contributed by atoms with Crippen LogP contribution in [0.25, 0.3) is 0 Å². The number of fused-ring (bicyclic) bond motifs is 1. The zero-order valence-electron chi connectivity index (χ0n) is 12.1. The molecule has 118 valence electrons. The molecule has 4 unspecified atom stereocenters. The van der Waals surface area contributed by atoms with Crippen molar-refractivity contribution in [2.75, 3.05) is 19.6 Å². The summed E-state index contributed by atoms with van der Waals surface area (Å²) in [5.41, 5.74) is 6.10. The second-order valence-corrected chi connectivity index (χ2v) is 8.33. The smallest absolute Gasteiger partial charge is 0.282 e. The standard InChI is InChI=1S/C13H25N3O2S.ClH/c1-10-4-2-3-7-16(10)19(17,18)15-8-11-5-6-13(14)12(11)9-15;/h10-13H,2-9,14H2,1H3;1H. The quantitative estimate of drug-likeness (QED) is 0.830. The van der Waals surface area contributed by atoms with Crippen molar-refractivity contribution >= 4 is 22.6 Å². The largest absolute Gasteiger partial charge is 0.327 e. The van der Waals surface area contributed by atoms with Gasteiger partial charge in [-0.2, -0.15) is 17.0 Å². The monoisotopic (exact) mass is 323 g/mol. The molecular weight excluding hydrogens is 298 g/mol. The van der Waals surface area contributed by atoms with Crippen LogP contribution in [0.15, 0.2) is 0 Å². The molecule has 0 bridgehead atoms. The zero-order chi connectivity index (χ0) is 13.6. The summed E-state index contributed by atoms with van der Waals surface area (Å²) in [5, 5.41) is 0. The van der Waals surface area contributed by atoms with Crippen molar-refractivity contribution < 1.29 is 8.42 Å². The highest BCUT2D eigenvalue weighted by atomic mass is 35.5. The third-order valence-corrected chi connectivity index (χ3v) is 7.33. The van der Waals surface area contributed by atoms with Gasteiger partial charge < -0.3 is 5.73 Å². The Bertz CT molecular complexity index is 445. The first-order valence-corrected chi connectivity index (χ1v) is 8.92. The molecule has 2 aliphatic heterocycles. The maximum absolute atomic E-state index is 12.7. The van der Waals surface area contributed by atoms with Crippen LogP contribution in [-0.4, -0.2) is 48.7 Å². The van der Waals surface area contributed by atoms with Gasteiger partial charge in [0.1, 0.15) is 0 Å². The number of rotatable bonds is 2. The van der Waals surface area contributed by atoms with Crippen molar-refractivity contribution in [1.82, 2.24) is 8.61 Å². The van der Waals surface area contributed by atoms with Crippen molar-refractivity contribution in [3.05, 3.63) is 0 Å². The Labute approximate surface area is 128 Å². The minimum atomic E-state index is -3.27. The summed E-state index contributed by atoms with van der Waals surface area (Å²) in [5.74, 6) is 0.875. The van der Waals surface area contributed by atoms with Crippen LogP contribution < -0.4 is 5.73 Å². The van der Waals surface area contributed by atoms with E-state index in [4.69, 9.17) is 5.73 Å². The number of piperidine rings is 1. The van der Waals surface area contributed by atoms with Crippen LogP contribution in [0.3, 0.4) is 0 Å². The molecule has 0 aromatic carbocycles. The molecule has 2 heterocycles. The van der Waals surface area contributed by atoms with Gasteiger partial charge in [0.2, 0.25) is 0 Å². The van der Waals surface area contributed by atoms with Crippen LogP contribution in [0.1, 0.15) is 39.0 Å². The molecule has 5 nitrogen and oxygen atoms in total. The van der Waals surface area contributed by atoms with Crippen LogP contribution in [0, 0.1) is 11.8 Å². The Hall–Kier alpha value is 0.120. The number of hydrogen-bond acceptors (Lipinski definition) is 3. The van der Waals surface area contributed by atoms with Crippen LogP contribution in [0.2, 0.25) is 0 Å². The van der Waals surface area contributed by atoms with Crippen LogP contribution >= 0.6 is 12.4 Å². The van der Waals surface area contributed by atoms with E-state index in [2.05, 4.69) is 0 Å². The van der Waals surface area contributed by atoms with E-state index < -0.39 is 10.2 Å². The predicted molar refractivity (Wildman–Crippen MR) is 81.9 cm³/mol. The molecule has 3 rings (SSSR count). The third kappa shape index (κ3) is 2.73. The Morgan fingerprint density at radius 1 is 1.10 bits per heavy atom. The normalized spacial score (nSPS) is 39.5. The lowest BCUT2D eigenvalue weighted by Crippen LogP contribution is -2.49. The molecule has 3 aliphatic rings. The van der Waals surface area contributed by atoms with E-state index in [0.29, 0.717) is 31.5 Å². The molecule has 2 N–H and O–H groups in total. The maximum Gasteiger partial charge on any atom is 0.282 e. The SMILES string of the molecule is CC1CCCCN1S(=O)(=O)N1CC2CCC(N)C2C1.Cl. The van der Waals surface area contributed by atoms with Gasteiger partial charge in [-0.1, -0.05) is 6.42 Å². The summed E-state index contributed by atoms with van der Waals surface area (Å²) in [6.45, 7) is 4.03. The van der Waals surface area contributed by atoms with Gasteiger partial charge >= 0.3 is 0 Å². The number of nitrogens with two attached hydrogens (primary N) is 1. The van der Waals surface area contributed by atoms with E-state index in [1.54, 1.807) is 8.61 Å². The lowest BCUT2D eigenvalue weighted by Gasteiger charge is -2.35. The summed E-state index contributed by atoms with van der Waals surface area (Å²) in [4.78, 5) is 0. The fourth-order valence-electron chi connectivity index (χ4n) is 4.02. The fourth-order valence-corrected chi connectivity index (χ4v) is 5.97. The summed E-state index contributed by atoms with van der Waals surface area (Å²) < 4.78 is 28.9. The summed E-state index contributed by atoms with van der Waals surface area (Å²) in [7, 11) is -3.27. The fraction of sp³-hybridized carbons (Fsp3) is 1.00. The van der Waals surface area contributed by atoms with Gasteiger partial charge in [-0.25, -0.2) is 0 Å². The van der Waals surface area contributed by atoms with E-state index in [9.17, 15) is 8.42 Å². The van der Waals surface area contributed by atoms with E-state index in [1.165, 1.54) is 0 Å². The first kappa shape index (κ1) is 16.5. The third-order valence-electron chi connectivity index (χ3n) is 5.24. The Morgan fingerprint density at radius 3 is 2.50 bits per heavy atom. The van der Waals surface area contributed by atoms with Gasteiger partial charge in [-0.05, 0) is 44.4 Å². The van der Waals surface area contributed by atoms with Crippen LogP contribution in [-0.2, 0) is 10.2 Å². The molecule has 1 aliphatic carbocycles. The van der Waals surface area contributed by atoms with Gasteiger partial charge in [0, 0.05) is 31.7 Å². The molecule has 0 radical (unpaired) electrons. The molecule has 7 heteroatoms. The Kier molecular flexibility index (Phi) is 5.02. The molecule has 4 atom stereocenters. The first-order chi connectivity index (χ1) is 9.00. The summed E-state index contributed by atoms with van der Waals surface area (Å²) in [6, 6.07) is 0.344. The number of hydrogen-bond donors (Lipinski definition) is 1. The number of nitrogens with zero attached hydrogens (tertiary/aromatic N) is 2. The van der Waals surface area contributed by atoms with Gasteiger partial charge in [0.15, 0.2) is 0 Å². The molecule has 3 fully saturated rings. The molecule has 0 amide bonds. The average molecular weight is 324 g/mol. The number of halogens is 1. The highest BCUT2D eigenvalue weighted by Gasteiger charge is 2.46. The second-order valence-electron chi connectivity index (χ2n) is 6.45. The van der Waals surface area contributed by atoms with Crippen molar-refractivity contribution in [1.29, 1.82) is 0 Å². The Balaban J connectivity index is 0.00000147. The van der Waals surface area contributed by atoms with E-state index >= 15 is 0 Å². The first-order valence-electron chi connectivity index (χ1n) is 7.52. The summed E-state index contributed by atoms with van der Waals surface area (Å²) >= 11 is 0. The van der Waals surface area contributed by atoms with Crippen molar-refractivity contribution in [2.24, 2.45) is 17.6 Å². The van der Waals surface area contributed by atoms with Gasteiger partial charge in [-0.15, -0.1) is 12.4 Å². The molecule has 2 saturated heterocycles. The second kappa shape index (κ2) is 6.08. The molecule has 0 aromatic heterocycles. The molecular formula is C13H26ClN3O2S. The van der Waals surface area contributed by atoms with Crippen molar-refractivity contribution in [3.8, 4) is 0 Å². The minimum absolute atomic E-state index is 0. The van der Waals surface area contributed by atoms with Gasteiger partial charge in [0.25, 0.3) is 10.2 Å². The van der Waals surface area contributed by atoms with Gasteiger partial charge in [0.05, 0.1) is 0 Å². The van der Waals surface area contributed by atoms with Gasteiger partial charge in [-0.3, -0.25) is 0 Å². The van der Waals surface area contributed by atoms with Crippen LogP contribution in [0.5, 0.6) is 0 Å². The van der Waals surface area contributed by atoms with E-state index in [0.717, 1.165) is 32.1 Å². The lowest BCUT2D eigenvalue weighted by molar-refractivity contribution is 0.247. The lowest BCUT2D eigenvalue weighted by atomic mass is 9.98. The average Bonchev–Trinajstić information content (AvgIpc) is 2.93. The molecule has 0 spiro atoms. The predicted octanol–water partition coefficient (Wildman–Crippen LogP) is 1.20. The topological polar surface area (TPSA) is 66.6 Å². The summed E-state index contributed by atoms with van der Waals surface area (Å²) in [6.07, 6.45) is 5.27.